The molecule has 1 saturated heterocycles. The fraction of sp³-hybridized carbons (Fsp3) is 0.292. The normalized spacial score (nSPS) is 13.4. The lowest BCUT2D eigenvalue weighted by Crippen LogP contribution is -2.29. The first-order valence-electron chi connectivity index (χ1n) is 10.5. The van der Waals surface area contributed by atoms with Crippen LogP contribution < -0.4 is 4.74 Å². The third-order valence-electron chi connectivity index (χ3n) is 5.22. The lowest BCUT2D eigenvalue weighted by Gasteiger charge is -2.15. The van der Waals surface area contributed by atoms with E-state index < -0.39 is 0 Å². The number of rotatable bonds is 9. The number of hydrogen-bond acceptors (Lipinski definition) is 5. The fourth-order valence-electron chi connectivity index (χ4n) is 3.62. The van der Waals surface area contributed by atoms with Gasteiger partial charge in [-0.3, -0.25) is 9.36 Å². The van der Waals surface area contributed by atoms with E-state index in [2.05, 4.69) is 28.9 Å². The maximum absolute atomic E-state index is 12.4. The van der Waals surface area contributed by atoms with E-state index in [9.17, 15) is 4.79 Å². The number of para-hydroxylation sites is 1. The summed E-state index contributed by atoms with van der Waals surface area (Å²) in [4.78, 5) is 14.3. The predicted octanol–water partition coefficient (Wildman–Crippen LogP) is 4.42. The van der Waals surface area contributed by atoms with Crippen molar-refractivity contribution < 1.29 is 9.53 Å². The summed E-state index contributed by atoms with van der Waals surface area (Å²) in [5.41, 5.74) is 2.13. The summed E-state index contributed by atoms with van der Waals surface area (Å²) in [5, 5.41) is 9.34. The van der Waals surface area contributed by atoms with Gasteiger partial charge in [0.05, 0.1) is 5.75 Å². The van der Waals surface area contributed by atoms with Crippen molar-refractivity contribution in [1.29, 1.82) is 0 Å². The number of amides is 1. The average molecular weight is 435 g/mol. The van der Waals surface area contributed by atoms with Crippen molar-refractivity contribution in [1.82, 2.24) is 19.7 Å². The molecule has 0 spiro atoms. The third-order valence-corrected chi connectivity index (χ3v) is 6.17. The van der Waals surface area contributed by atoms with Gasteiger partial charge in [-0.25, -0.2) is 0 Å². The molecule has 0 aliphatic carbocycles. The molecule has 160 valence electrons. The number of carbonyl (C=O) groups is 1. The minimum atomic E-state index is 0.158. The zero-order valence-corrected chi connectivity index (χ0v) is 18.3. The molecule has 2 aromatic carbocycles. The van der Waals surface area contributed by atoms with E-state index in [1.165, 1.54) is 11.8 Å². The van der Waals surface area contributed by atoms with Crippen molar-refractivity contribution in [3.63, 3.8) is 0 Å². The zero-order valence-electron chi connectivity index (χ0n) is 17.4. The molecular weight excluding hydrogens is 408 g/mol. The third kappa shape index (κ3) is 5.17. The maximum atomic E-state index is 12.4. The Morgan fingerprint density at radius 1 is 1.06 bits per heavy atom. The van der Waals surface area contributed by atoms with E-state index in [1.807, 2.05) is 51.9 Å². The number of hydrogen-bond donors (Lipinski definition) is 0. The molecule has 4 rings (SSSR count). The van der Waals surface area contributed by atoms with Gasteiger partial charge >= 0.3 is 0 Å². The number of carbonyl (C=O) groups excluding carboxylic acids is 1. The molecule has 0 atom stereocenters. The molecule has 0 radical (unpaired) electrons. The molecule has 7 heteroatoms. The van der Waals surface area contributed by atoms with E-state index in [1.54, 1.807) is 6.08 Å². The second-order valence-corrected chi connectivity index (χ2v) is 8.27. The topological polar surface area (TPSA) is 60.2 Å². The van der Waals surface area contributed by atoms with E-state index >= 15 is 0 Å². The summed E-state index contributed by atoms with van der Waals surface area (Å²) in [6.07, 6.45) is 3.99. The monoisotopic (exact) mass is 434 g/mol. The highest BCUT2D eigenvalue weighted by atomic mass is 32.2. The predicted molar refractivity (Wildman–Crippen MR) is 123 cm³/mol. The molecule has 1 aliphatic rings. The molecule has 1 aliphatic heterocycles. The number of benzene rings is 2. The number of nitrogens with zero attached hydrogens (tertiary/aromatic N) is 4. The van der Waals surface area contributed by atoms with Crippen LogP contribution in [0.4, 0.5) is 0 Å². The molecule has 3 aromatic rings. The smallest absolute Gasteiger partial charge is 0.233 e. The minimum Gasteiger partial charge on any atom is -0.485 e. The SMILES string of the molecule is C=CCn1c(COc2ccccc2-c2ccccc2)nnc1SCC(=O)N1CCCC1. The average Bonchev–Trinajstić information content (AvgIpc) is 3.48. The van der Waals surface area contributed by atoms with E-state index in [0.29, 0.717) is 23.3 Å². The molecular formula is C24H26N4O2S. The molecule has 31 heavy (non-hydrogen) atoms. The van der Waals surface area contributed by atoms with E-state index in [0.717, 1.165) is 42.8 Å². The quantitative estimate of drug-likeness (QED) is 0.368. The highest BCUT2D eigenvalue weighted by molar-refractivity contribution is 7.99. The second-order valence-electron chi connectivity index (χ2n) is 7.33. The largest absolute Gasteiger partial charge is 0.485 e. The van der Waals surface area contributed by atoms with Crippen molar-refractivity contribution in [2.24, 2.45) is 0 Å². The van der Waals surface area contributed by atoms with Crippen molar-refractivity contribution in [2.75, 3.05) is 18.8 Å². The van der Waals surface area contributed by atoms with Crippen molar-refractivity contribution in [2.45, 2.75) is 31.1 Å². The van der Waals surface area contributed by atoms with Gasteiger partial charge in [-0.2, -0.15) is 0 Å². The minimum absolute atomic E-state index is 0.158. The van der Waals surface area contributed by atoms with Crippen LogP contribution >= 0.6 is 11.8 Å². The number of allylic oxidation sites excluding steroid dienone is 1. The van der Waals surface area contributed by atoms with Gasteiger partial charge < -0.3 is 9.64 Å². The maximum Gasteiger partial charge on any atom is 0.233 e. The summed E-state index contributed by atoms with van der Waals surface area (Å²) in [6, 6.07) is 18.1. The van der Waals surface area contributed by atoms with Gasteiger partial charge in [0.2, 0.25) is 5.91 Å². The first-order valence-corrected chi connectivity index (χ1v) is 11.5. The molecule has 0 N–H and O–H groups in total. The van der Waals surface area contributed by atoms with Crippen LogP contribution in [0, 0.1) is 0 Å². The van der Waals surface area contributed by atoms with Gasteiger partial charge in [-0.15, -0.1) is 16.8 Å². The van der Waals surface area contributed by atoms with Crippen molar-refractivity contribution in [3.05, 3.63) is 73.1 Å². The molecule has 1 aromatic heterocycles. The van der Waals surface area contributed by atoms with Crippen LogP contribution in [0.15, 0.2) is 72.4 Å². The Hall–Kier alpha value is -3.06. The van der Waals surface area contributed by atoms with Crippen LogP contribution in [-0.4, -0.2) is 44.4 Å². The number of thioether (sulfide) groups is 1. The van der Waals surface area contributed by atoms with Gasteiger partial charge in [-0.05, 0) is 24.5 Å². The molecule has 6 nitrogen and oxygen atoms in total. The standard InChI is InChI=1S/C24H26N4O2S/c1-2-14-28-22(25-26-24(28)31-18-23(29)27-15-8-9-16-27)17-30-21-13-7-6-12-20(21)19-10-4-3-5-11-19/h2-7,10-13H,1,8-9,14-18H2. The summed E-state index contributed by atoms with van der Waals surface area (Å²) in [6.45, 7) is 6.41. The summed E-state index contributed by atoms with van der Waals surface area (Å²) in [7, 11) is 0. The second kappa shape index (κ2) is 10.3. The van der Waals surface area contributed by atoms with E-state index in [4.69, 9.17) is 4.74 Å². The first-order chi connectivity index (χ1) is 15.3. The molecule has 1 fully saturated rings. The van der Waals surface area contributed by atoms with Crippen LogP contribution in [-0.2, 0) is 17.9 Å². The van der Waals surface area contributed by atoms with Crippen LogP contribution in [0.1, 0.15) is 18.7 Å². The molecule has 1 amide bonds. The lowest BCUT2D eigenvalue weighted by molar-refractivity contribution is -0.127. The Morgan fingerprint density at radius 2 is 1.81 bits per heavy atom. The van der Waals surface area contributed by atoms with Crippen LogP contribution in [0.5, 0.6) is 5.75 Å². The highest BCUT2D eigenvalue weighted by Gasteiger charge is 2.20. The molecule has 0 bridgehead atoms. The summed E-state index contributed by atoms with van der Waals surface area (Å²) in [5.74, 6) is 2.02. The van der Waals surface area contributed by atoms with Crippen LogP contribution in [0.25, 0.3) is 11.1 Å². The van der Waals surface area contributed by atoms with Gasteiger partial charge in [0.1, 0.15) is 12.4 Å². The number of likely N-dealkylation sites (tertiary alicyclic amines) is 1. The number of ether oxygens (including phenoxy) is 1. The Balaban J connectivity index is 1.46. The van der Waals surface area contributed by atoms with Gasteiger partial charge in [0.15, 0.2) is 11.0 Å². The van der Waals surface area contributed by atoms with Gasteiger partial charge in [-0.1, -0.05) is 66.4 Å². The van der Waals surface area contributed by atoms with Gasteiger partial charge in [0, 0.05) is 25.2 Å². The Bertz CT molecular complexity index is 1030. The lowest BCUT2D eigenvalue weighted by atomic mass is 10.1. The van der Waals surface area contributed by atoms with Crippen LogP contribution in [0.3, 0.4) is 0 Å². The van der Waals surface area contributed by atoms with Crippen LogP contribution in [0.2, 0.25) is 0 Å². The first kappa shape index (κ1) is 21.2. The van der Waals surface area contributed by atoms with Gasteiger partial charge in [0.25, 0.3) is 0 Å². The Kier molecular flexibility index (Phi) is 7.04. The zero-order chi connectivity index (χ0) is 21.5. The Morgan fingerprint density at radius 3 is 2.58 bits per heavy atom. The molecule has 0 saturated carbocycles. The summed E-state index contributed by atoms with van der Waals surface area (Å²) < 4.78 is 8.10. The summed E-state index contributed by atoms with van der Waals surface area (Å²) >= 11 is 1.42. The number of aromatic nitrogens is 3. The molecule has 0 unspecified atom stereocenters. The highest BCUT2D eigenvalue weighted by Crippen LogP contribution is 2.30. The fourth-order valence-corrected chi connectivity index (χ4v) is 4.49. The van der Waals surface area contributed by atoms with E-state index in [-0.39, 0.29) is 12.5 Å². The van der Waals surface area contributed by atoms with Crippen molar-refractivity contribution >= 4 is 17.7 Å². The molecule has 2 heterocycles. The Labute approximate surface area is 186 Å². The van der Waals surface area contributed by atoms with Crippen molar-refractivity contribution in [3.8, 4) is 16.9 Å².